The van der Waals surface area contributed by atoms with Crippen molar-refractivity contribution in [3.8, 4) is 0 Å². The summed E-state index contributed by atoms with van der Waals surface area (Å²) in [5.74, 6) is -0.289. The fraction of sp³-hybridized carbons (Fsp3) is 0.333. The highest BCUT2D eigenvalue weighted by Gasteiger charge is 2.03. The summed E-state index contributed by atoms with van der Waals surface area (Å²) in [6.45, 7) is 0.698. The summed E-state index contributed by atoms with van der Waals surface area (Å²) in [5.41, 5.74) is 0.849. The lowest BCUT2D eigenvalue weighted by molar-refractivity contribution is -0.139. The number of hydrogen-bond donors (Lipinski definition) is 1. The number of nitrogens with one attached hydrogen (secondary N) is 1. The van der Waals surface area contributed by atoms with Gasteiger partial charge in [0.05, 0.1) is 19.3 Å². The zero-order valence-electron chi connectivity index (χ0n) is 8.09. The minimum atomic E-state index is -0.289. The molecule has 0 aliphatic heterocycles. The second-order valence-electron chi connectivity index (χ2n) is 2.76. The van der Waals surface area contributed by atoms with E-state index in [9.17, 15) is 4.79 Å². The van der Waals surface area contributed by atoms with E-state index in [1.54, 1.807) is 6.20 Å². The molecule has 0 aliphatic rings. The van der Waals surface area contributed by atoms with Gasteiger partial charge in [-0.25, -0.2) is 0 Å². The van der Waals surface area contributed by atoms with E-state index in [-0.39, 0.29) is 12.5 Å². The summed E-state index contributed by atoms with van der Waals surface area (Å²) >= 11 is 6.69. The number of methoxy groups -OCH3 is 1. The molecule has 0 bridgehead atoms. The van der Waals surface area contributed by atoms with Gasteiger partial charge in [0, 0.05) is 21.7 Å². The van der Waals surface area contributed by atoms with E-state index >= 15 is 0 Å². The van der Waals surface area contributed by atoms with E-state index < -0.39 is 0 Å². The van der Waals surface area contributed by atoms with E-state index in [1.165, 1.54) is 7.11 Å². The number of ether oxygens (including phenoxy) is 1. The highest BCUT2D eigenvalue weighted by Crippen LogP contribution is 2.19. The molecule has 0 aliphatic carbocycles. The van der Waals surface area contributed by atoms with E-state index in [0.29, 0.717) is 6.54 Å². The number of carbonyl (C=O) groups excluding carboxylic acids is 1. The van der Waals surface area contributed by atoms with Gasteiger partial charge in [0.2, 0.25) is 0 Å². The first-order valence-electron chi connectivity index (χ1n) is 4.21. The number of hydrogen-bond acceptors (Lipinski definition) is 4. The molecule has 0 atom stereocenters. The maximum atomic E-state index is 10.8. The number of aromatic nitrogens is 1. The zero-order chi connectivity index (χ0) is 11.3. The molecule has 0 spiro atoms. The van der Waals surface area contributed by atoms with Crippen LogP contribution >= 0.6 is 31.9 Å². The Morgan fingerprint density at radius 3 is 2.93 bits per heavy atom. The predicted molar refractivity (Wildman–Crippen MR) is 63.4 cm³/mol. The predicted octanol–water partition coefficient (Wildman–Crippen LogP) is 1.87. The van der Waals surface area contributed by atoms with Crippen molar-refractivity contribution >= 4 is 37.8 Å². The SMILES string of the molecule is COC(=O)CNCc1ncc(Br)cc1Br. The molecule has 15 heavy (non-hydrogen) atoms. The molecule has 0 fully saturated rings. The third-order valence-corrected chi connectivity index (χ3v) is 2.79. The Kier molecular flexibility index (Phi) is 5.21. The minimum absolute atomic E-state index is 0.181. The first-order valence-corrected chi connectivity index (χ1v) is 5.79. The lowest BCUT2D eigenvalue weighted by Gasteiger charge is -2.05. The van der Waals surface area contributed by atoms with Gasteiger partial charge in [0.1, 0.15) is 0 Å². The molecular weight excluding hydrogens is 328 g/mol. The van der Waals surface area contributed by atoms with Crippen LogP contribution in [0.2, 0.25) is 0 Å². The maximum Gasteiger partial charge on any atom is 0.319 e. The second-order valence-corrected chi connectivity index (χ2v) is 4.53. The third-order valence-electron chi connectivity index (χ3n) is 1.67. The van der Waals surface area contributed by atoms with Crippen molar-refractivity contribution in [1.29, 1.82) is 0 Å². The smallest absolute Gasteiger partial charge is 0.319 e. The van der Waals surface area contributed by atoms with Gasteiger partial charge >= 0.3 is 5.97 Å². The number of pyridine rings is 1. The lowest BCUT2D eigenvalue weighted by atomic mass is 10.3. The molecule has 1 N–H and O–H groups in total. The third kappa shape index (κ3) is 4.27. The van der Waals surface area contributed by atoms with Crippen LogP contribution in [-0.2, 0) is 16.1 Å². The normalized spacial score (nSPS) is 10.1. The Balaban J connectivity index is 2.47. The van der Waals surface area contributed by atoms with Gasteiger partial charge in [-0.15, -0.1) is 0 Å². The standard InChI is InChI=1S/C9H10Br2N2O2/c1-15-9(14)5-12-4-8-7(11)2-6(10)3-13-8/h2-3,12H,4-5H2,1H3. The van der Waals surface area contributed by atoms with Gasteiger partial charge in [0.15, 0.2) is 0 Å². The number of halogens is 2. The largest absolute Gasteiger partial charge is 0.468 e. The van der Waals surface area contributed by atoms with Crippen LogP contribution in [0.5, 0.6) is 0 Å². The molecule has 1 aromatic heterocycles. The van der Waals surface area contributed by atoms with Crippen molar-refractivity contribution in [2.24, 2.45) is 0 Å². The van der Waals surface area contributed by atoms with Crippen molar-refractivity contribution in [2.75, 3.05) is 13.7 Å². The van der Waals surface area contributed by atoms with Crippen LogP contribution in [0.1, 0.15) is 5.69 Å². The van der Waals surface area contributed by atoms with Crippen LogP contribution in [0.15, 0.2) is 21.2 Å². The summed E-state index contributed by atoms with van der Waals surface area (Å²) in [6, 6.07) is 1.90. The summed E-state index contributed by atoms with van der Waals surface area (Å²) in [6.07, 6.45) is 1.71. The Morgan fingerprint density at radius 2 is 2.33 bits per heavy atom. The molecule has 0 radical (unpaired) electrons. The molecule has 1 aromatic rings. The Morgan fingerprint density at radius 1 is 1.60 bits per heavy atom. The molecule has 0 unspecified atom stereocenters. The average molecular weight is 338 g/mol. The van der Waals surface area contributed by atoms with Crippen molar-refractivity contribution in [2.45, 2.75) is 6.54 Å². The highest BCUT2D eigenvalue weighted by molar-refractivity contribution is 9.11. The highest BCUT2D eigenvalue weighted by atomic mass is 79.9. The van der Waals surface area contributed by atoms with Gasteiger partial charge in [-0.2, -0.15) is 0 Å². The number of esters is 1. The molecule has 0 saturated heterocycles. The van der Waals surface area contributed by atoms with Crippen molar-refractivity contribution in [1.82, 2.24) is 10.3 Å². The number of nitrogens with zero attached hydrogens (tertiary/aromatic N) is 1. The van der Waals surface area contributed by atoms with Crippen LogP contribution in [0.25, 0.3) is 0 Å². The van der Waals surface area contributed by atoms with Crippen LogP contribution in [0, 0.1) is 0 Å². The summed E-state index contributed by atoms with van der Waals surface area (Å²) in [5, 5.41) is 2.93. The molecule has 6 heteroatoms. The van der Waals surface area contributed by atoms with Gasteiger partial charge in [-0.3, -0.25) is 9.78 Å². The number of rotatable bonds is 4. The summed E-state index contributed by atoms with van der Waals surface area (Å²) in [4.78, 5) is 15.0. The van der Waals surface area contributed by atoms with E-state index in [1.807, 2.05) is 6.07 Å². The fourth-order valence-corrected chi connectivity index (χ4v) is 2.06. The molecular formula is C9H10Br2N2O2. The van der Waals surface area contributed by atoms with E-state index in [0.717, 1.165) is 14.6 Å². The first kappa shape index (κ1) is 12.6. The van der Waals surface area contributed by atoms with E-state index in [4.69, 9.17) is 0 Å². The van der Waals surface area contributed by atoms with Crippen LogP contribution in [0.3, 0.4) is 0 Å². The van der Waals surface area contributed by atoms with Crippen molar-refractivity contribution < 1.29 is 9.53 Å². The monoisotopic (exact) mass is 336 g/mol. The molecule has 0 aromatic carbocycles. The molecule has 82 valence electrons. The van der Waals surface area contributed by atoms with Gasteiger partial charge in [-0.05, 0) is 37.9 Å². The minimum Gasteiger partial charge on any atom is -0.468 e. The van der Waals surface area contributed by atoms with Gasteiger partial charge in [0.25, 0.3) is 0 Å². The maximum absolute atomic E-state index is 10.8. The first-order chi connectivity index (χ1) is 7.13. The van der Waals surface area contributed by atoms with Crippen LogP contribution in [-0.4, -0.2) is 24.6 Å². The Labute approximate surface area is 105 Å². The molecule has 1 heterocycles. The second kappa shape index (κ2) is 6.19. The molecule has 4 nitrogen and oxygen atoms in total. The molecule has 0 amide bonds. The topological polar surface area (TPSA) is 51.2 Å². The summed E-state index contributed by atoms with van der Waals surface area (Å²) in [7, 11) is 1.36. The average Bonchev–Trinajstić information content (AvgIpc) is 2.21. The fourth-order valence-electron chi connectivity index (χ4n) is 0.928. The van der Waals surface area contributed by atoms with Crippen molar-refractivity contribution in [3.05, 3.63) is 26.9 Å². The molecule has 0 saturated carbocycles. The molecule has 1 rings (SSSR count). The van der Waals surface area contributed by atoms with E-state index in [2.05, 4.69) is 46.9 Å². The Bertz CT molecular complexity index is 358. The van der Waals surface area contributed by atoms with Gasteiger partial charge < -0.3 is 10.1 Å². The van der Waals surface area contributed by atoms with Crippen LogP contribution < -0.4 is 5.32 Å². The van der Waals surface area contributed by atoms with Crippen LogP contribution in [0.4, 0.5) is 0 Å². The van der Waals surface area contributed by atoms with Crippen molar-refractivity contribution in [3.63, 3.8) is 0 Å². The Hall–Kier alpha value is -0.460. The quantitative estimate of drug-likeness (QED) is 0.852. The van der Waals surface area contributed by atoms with Gasteiger partial charge in [-0.1, -0.05) is 0 Å². The number of carbonyl (C=O) groups is 1. The zero-order valence-corrected chi connectivity index (χ0v) is 11.3. The lowest BCUT2D eigenvalue weighted by Crippen LogP contribution is -2.23. The summed E-state index contributed by atoms with van der Waals surface area (Å²) < 4.78 is 6.30.